The van der Waals surface area contributed by atoms with Gasteiger partial charge in [0, 0.05) is 37.5 Å². The Hall–Kier alpha value is -2.45. The molecule has 0 spiro atoms. The number of fused-ring (bicyclic) bond motifs is 1. The maximum absolute atomic E-state index is 12.9. The van der Waals surface area contributed by atoms with Crippen molar-refractivity contribution >= 4 is 27.4 Å². The third-order valence-electron chi connectivity index (χ3n) is 5.33. The second-order valence-corrected chi connectivity index (χ2v) is 9.56. The minimum atomic E-state index is -3.63. The Labute approximate surface area is 165 Å². The standard InChI is InChI=1S/C20H25N3O4S/c1-11-9-14(28(26,27)23(4)5)10-16(12(11)2)22-20(25)19-13(3)18-15(21-19)7-6-8-17(18)24/h9-10,21H,6-8H2,1-5H3,(H,22,25). The summed E-state index contributed by atoms with van der Waals surface area (Å²) in [6.45, 7) is 5.39. The van der Waals surface area contributed by atoms with Gasteiger partial charge >= 0.3 is 0 Å². The van der Waals surface area contributed by atoms with Crippen molar-refractivity contribution in [3.63, 3.8) is 0 Å². The summed E-state index contributed by atoms with van der Waals surface area (Å²) in [5.41, 5.74) is 4.39. The van der Waals surface area contributed by atoms with Gasteiger partial charge in [0.15, 0.2) is 5.78 Å². The molecule has 0 radical (unpaired) electrons. The number of hydrogen-bond acceptors (Lipinski definition) is 4. The fourth-order valence-electron chi connectivity index (χ4n) is 3.50. The number of H-pyrrole nitrogens is 1. The van der Waals surface area contributed by atoms with E-state index in [1.807, 2.05) is 6.92 Å². The van der Waals surface area contributed by atoms with E-state index in [9.17, 15) is 18.0 Å². The van der Waals surface area contributed by atoms with Gasteiger partial charge in [0.1, 0.15) is 5.69 Å². The minimum absolute atomic E-state index is 0.0557. The highest BCUT2D eigenvalue weighted by Gasteiger charge is 2.27. The molecule has 0 atom stereocenters. The van der Waals surface area contributed by atoms with Crippen molar-refractivity contribution in [2.45, 2.75) is 44.9 Å². The SMILES string of the molecule is Cc1cc(S(=O)(=O)N(C)C)cc(NC(=O)c2[nH]c3c(c2C)C(=O)CCC3)c1C. The number of rotatable bonds is 4. The van der Waals surface area contributed by atoms with Crippen LogP contribution in [0.5, 0.6) is 0 Å². The summed E-state index contributed by atoms with van der Waals surface area (Å²) in [5.74, 6) is -0.332. The van der Waals surface area contributed by atoms with Gasteiger partial charge in [-0.25, -0.2) is 12.7 Å². The van der Waals surface area contributed by atoms with Gasteiger partial charge in [0.2, 0.25) is 10.0 Å². The van der Waals surface area contributed by atoms with Crippen LogP contribution in [-0.2, 0) is 16.4 Å². The Morgan fingerprint density at radius 2 is 1.79 bits per heavy atom. The molecule has 3 rings (SSSR count). The molecule has 0 bridgehead atoms. The number of Topliss-reactive ketones (excluding diaryl/α,β-unsaturated/α-hetero) is 1. The van der Waals surface area contributed by atoms with Crippen LogP contribution >= 0.6 is 0 Å². The number of amides is 1. The molecule has 0 unspecified atom stereocenters. The van der Waals surface area contributed by atoms with Gasteiger partial charge < -0.3 is 10.3 Å². The molecule has 0 aliphatic heterocycles. The number of carbonyl (C=O) groups is 2. The highest BCUT2D eigenvalue weighted by Crippen LogP contribution is 2.29. The zero-order chi connectivity index (χ0) is 20.8. The number of sulfonamides is 1. The number of carbonyl (C=O) groups excluding carboxylic acids is 2. The van der Waals surface area contributed by atoms with Crippen molar-refractivity contribution < 1.29 is 18.0 Å². The molecule has 0 saturated carbocycles. The molecule has 1 aromatic heterocycles. The normalized spacial score (nSPS) is 14.3. The van der Waals surface area contributed by atoms with Crippen LogP contribution in [0.3, 0.4) is 0 Å². The van der Waals surface area contributed by atoms with Crippen molar-refractivity contribution in [1.82, 2.24) is 9.29 Å². The molecular weight excluding hydrogens is 378 g/mol. The van der Waals surface area contributed by atoms with Gasteiger partial charge in [0.25, 0.3) is 5.91 Å². The van der Waals surface area contributed by atoms with Gasteiger partial charge in [-0.1, -0.05) is 0 Å². The molecule has 0 saturated heterocycles. The summed E-state index contributed by atoms with van der Waals surface area (Å²) in [6.07, 6.45) is 2.01. The lowest BCUT2D eigenvalue weighted by molar-refractivity contribution is 0.0971. The average molecular weight is 404 g/mol. The first kappa shape index (κ1) is 20.3. The summed E-state index contributed by atoms with van der Waals surface area (Å²) >= 11 is 0. The largest absolute Gasteiger partial charge is 0.354 e. The van der Waals surface area contributed by atoms with Crippen LogP contribution in [0.25, 0.3) is 0 Å². The first-order chi connectivity index (χ1) is 13.0. The molecule has 2 N–H and O–H groups in total. The Morgan fingerprint density at radius 3 is 2.39 bits per heavy atom. The van der Waals surface area contributed by atoms with E-state index in [1.165, 1.54) is 20.2 Å². The second kappa shape index (κ2) is 7.18. The monoisotopic (exact) mass is 403 g/mol. The second-order valence-electron chi connectivity index (χ2n) is 7.41. The molecule has 7 nitrogen and oxygen atoms in total. The van der Waals surface area contributed by atoms with Crippen LogP contribution in [0.15, 0.2) is 17.0 Å². The van der Waals surface area contributed by atoms with Gasteiger partial charge in [-0.05, 0) is 62.4 Å². The van der Waals surface area contributed by atoms with Gasteiger partial charge in [-0.2, -0.15) is 0 Å². The molecule has 8 heteroatoms. The summed E-state index contributed by atoms with van der Waals surface area (Å²) in [4.78, 5) is 28.3. The van der Waals surface area contributed by atoms with E-state index in [0.717, 1.165) is 34.0 Å². The van der Waals surface area contributed by atoms with Crippen LogP contribution in [0.4, 0.5) is 5.69 Å². The Morgan fingerprint density at radius 1 is 1.11 bits per heavy atom. The molecular formula is C20H25N3O4S. The van der Waals surface area contributed by atoms with E-state index in [1.54, 1.807) is 19.9 Å². The van der Waals surface area contributed by atoms with Crippen molar-refractivity contribution in [3.8, 4) is 0 Å². The molecule has 28 heavy (non-hydrogen) atoms. The minimum Gasteiger partial charge on any atom is -0.354 e. The van der Waals surface area contributed by atoms with Crippen LogP contribution in [0, 0.1) is 20.8 Å². The lowest BCUT2D eigenvalue weighted by Crippen LogP contribution is -2.23. The van der Waals surface area contributed by atoms with E-state index < -0.39 is 10.0 Å². The molecule has 0 fully saturated rings. The molecule has 2 aromatic rings. The predicted molar refractivity (Wildman–Crippen MR) is 108 cm³/mol. The zero-order valence-corrected chi connectivity index (χ0v) is 17.6. The van der Waals surface area contributed by atoms with Crippen molar-refractivity contribution in [1.29, 1.82) is 0 Å². The summed E-state index contributed by atoms with van der Waals surface area (Å²) < 4.78 is 26.1. The maximum Gasteiger partial charge on any atom is 0.272 e. The van der Waals surface area contributed by atoms with E-state index in [4.69, 9.17) is 0 Å². The first-order valence-electron chi connectivity index (χ1n) is 9.13. The summed E-state index contributed by atoms with van der Waals surface area (Å²) in [5, 5.41) is 2.82. The number of nitrogens with one attached hydrogen (secondary N) is 2. The topological polar surface area (TPSA) is 99.3 Å². The number of aromatic nitrogens is 1. The van der Waals surface area contributed by atoms with Crippen molar-refractivity contribution in [2.75, 3.05) is 19.4 Å². The quantitative estimate of drug-likeness (QED) is 0.820. The highest BCUT2D eigenvalue weighted by atomic mass is 32.2. The van der Waals surface area contributed by atoms with Crippen LogP contribution in [-0.4, -0.2) is 43.5 Å². The predicted octanol–water partition coefficient (Wildman–Crippen LogP) is 2.96. The van der Waals surface area contributed by atoms with Crippen LogP contribution in [0.1, 0.15) is 56.1 Å². The Bertz CT molecular complexity index is 1080. The van der Waals surface area contributed by atoms with Gasteiger partial charge in [-0.3, -0.25) is 9.59 Å². The molecule has 1 aromatic carbocycles. The summed E-state index contributed by atoms with van der Waals surface area (Å²) in [7, 11) is -0.697. The molecule has 1 amide bonds. The van der Waals surface area contributed by atoms with E-state index in [0.29, 0.717) is 28.9 Å². The van der Waals surface area contributed by atoms with Gasteiger partial charge in [-0.15, -0.1) is 0 Å². The lowest BCUT2D eigenvalue weighted by atomic mass is 9.94. The molecule has 1 aliphatic rings. The number of benzene rings is 1. The maximum atomic E-state index is 12.9. The fraction of sp³-hybridized carbons (Fsp3) is 0.400. The average Bonchev–Trinajstić information content (AvgIpc) is 2.96. The summed E-state index contributed by atoms with van der Waals surface area (Å²) in [6, 6.07) is 3.07. The highest BCUT2D eigenvalue weighted by molar-refractivity contribution is 7.89. The zero-order valence-electron chi connectivity index (χ0n) is 16.8. The number of aryl methyl sites for hydroxylation is 2. The fourth-order valence-corrected chi connectivity index (χ4v) is 4.52. The Kier molecular flexibility index (Phi) is 5.20. The van der Waals surface area contributed by atoms with E-state index in [-0.39, 0.29) is 16.6 Å². The molecule has 150 valence electrons. The van der Waals surface area contributed by atoms with Gasteiger partial charge in [0.05, 0.1) is 4.90 Å². The number of hydrogen-bond donors (Lipinski definition) is 2. The van der Waals surface area contributed by atoms with Crippen molar-refractivity contribution in [3.05, 3.63) is 45.8 Å². The third kappa shape index (κ3) is 3.38. The number of ketones is 1. The third-order valence-corrected chi connectivity index (χ3v) is 7.12. The number of aromatic amines is 1. The van der Waals surface area contributed by atoms with Crippen molar-refractivity contribution in [2.24, 2.45) is 0 Å². The number of nitrogens with zero attached hydrogens (tertiary/aromatic N) is 1. The molecule has 1 heterocycles. The Balaban J connectivity index is 2.00. The number of anilines is 1. The lowest BCUT2D eigenvalue weighted by Gasteiger charge is -2.16. The van der Waals surface area contributed by atoms with E-state index in [2.05, 4.69) is 10.3 Å². The van der Waals surface area contributed by atoms with E-state index >= 15 is 0 Å². The first-order valence-corrected chi connectivity index (χ1v) is 10.6. The van der Waals surface area contributed by atoms with Crippen LogP contribution < -0.4 is 5.32 Å². The smallest absolute Gasteiger partial charge is 0.272 e. The van der Waals surface area contributed by atoms with Crippen LogP contribution in [0.2, 0.25) is 0 Å². The molecule has 1 aliphatic carbocycles.